The average molecular weight is 761 g/mol. The molecule has 6 aromatic heterocycles. The van der Waals surface area contributed by atoms with Crippen LogP contribution < -0.4 is 11.5 Å². The molecule has 6 aromatic rings. The molecule has 6 unspecified atom stereocenters. The number of pyridine rings is 2. The number of thiophene rings is 2. The fourth-order valence-electron chi connectivity index (χ4n) is 7.82. The minimum atomic E-state index is -1.23. The molecule has 6 heterocycles. The maximum Gasteiger partial charge on any atom is 0.127 e. The summed E-state index contributed by atoms with van der Waals surface area (Å²) >= 11 is 2.95. The zero-order chi connectivity index (χ0) is 35.1. The number of aryl methyl sites for hydroxylation is 2. The van der Waals surface area contributed by atoms with Gasteiger partial charge in [0.15, 0.2) is 0 Å². The van der Waals surface area contributed by atoms with Gasteiger partial charge in [-0.25, -0.2) is 9.97 Å². The third-order valence-corrected chi connectivity index (χ3v) is 17.1. The van der Waals surface area contributed by atoms with Gasteiger partial charge in [-0.3, -0.25) is 17.8 Å². The van der Waals surface area contributed by atoms with E-state index in [2.05, 4.69) is 22.3 Å². The normalized spacial score (nSPS) is 22.8. The molecule has 11 nitrogen and oxygen atoms in total. The zero-order valence-electron chi connectivity index (χ0n) is 28.7. The quantitative estimate of drug-likeness (QED) is 0.132. The minimum Gasteiger partial charge on any atom is -0.396 e. The van der Waals surface area contributed by atoms with Crippen LogP contribution in [0, 0.1) is 11.8 Å². The number of methoxy groups -OCH3 is 1. The molecule has 0 aliphatic heterocycles. The van der Waals surface area contributed by atoms with E-state index >= 15 is 0 Å². The van der Waals surface area contributed by atoms with E-state index in [4.69, 9.17) is 26.2 Å². The van der Waals surface area contributed by atoms with Gasteiger partial charge in [-0.05, 0) is 79.0 Å². The van der Waals surface area contributed by atoms with Crippen molar-refractivity contribution in [1.29, 1.82) is 0 Å². The lowest BCUT2D eigenvalue weighted by Crippen LogP contribution is -2.23. The lowest BCUT2D eigenvalue weighted by molar-refractivity contribution is 0.200. The molecule has 3 fully saturated rings. The lowest BCUT2D eigenvalue weighted by Gasteiger charge is -2.23. The Morgan fingerprint density at radius 3 is 1.84 bits per heavy atom. The standard InChI is InChI=1S/C36H40N8O3S4/c1-43-16-18(14-39-43)27-12-25(29-31(37)35(48-33(29)41-27)50(45)9-5-8-47-3)23-10-21(23)22-11-24(22)26-13-28(19-15-40-44(2)17-19)42-34-30(26)32(38)36(49-34)51(46)20-6-4-7-20/h12-17,20-24H,4-11,37-38H2,1-3H3. The van der Waals surface area contributed by atoms with E-state index in [9.17, 15) is 8.42 Å². The molecule has 0 radical (unpaired) electrons. The molecule has 3 aliphatic carbocycles. The number of fused-ring (bicyclic) bond motifs is 2. The summed E-state index contributed by atoms with van der Waals surface area (Å²) in [4.78, 5) is 11.8. The van der Waals surface area contributed by atoms with Crippen molar-refractivity contribution in [3.05, 3.63) is 48.0 Å². The zero-order valence-corrected chi connectivity index (χ0v) is 32.0. The van der Waals surface area contributed by atoms with Crippen LogP contribution in [0.3, 0.4) is 0 Å². The highest BCUT2D eigenvalue weighted by atomic mass is 32.2. The van der Waals surface area contributed by atoms with Gasteiger partial charge in [-0.1, -0.05) is 6.42 Å². The Hall–Kier alpha value is -3.50. The van der Waals surface area contributed by atoms with Crippen molar-refractivity contribution in [2.75, 3.05) is 30.9 Å². The summed E-state index contributed by atoms with van der Waals surface area (Å²) in [6, 6.07) is 4.39. The van der Waals surface area contributed by atoms with Crippen molar-refractivity contribution >= 4 is 76.1 Å². The van der Waals surface area contributed by atoms with Crippen LogP contribution in [0.2, 0.25) is 0 Å². The van der Waals surface area contributed by atoms with E-state index in [0.717, 1.165) is 79.3 Å². The third-order valence-electron chi connectivity index (χ3n) is 10.8. The Bertz CT molecular complexity index is 2370. The van der Waals surface area contributed by atoms with Crippen molar-refractivity contribution < 1.29 is 13.2 Å². The molecule has 4 N–H and O–H groups in total. The highest BCUT2D eigenvalue weighted by Crippen LogP contribution is 2.67. The van der Waals surface area contributed by atoms with E-state index in [0.29, 0.717) is 58.0 Å². The first-order valence-electron chi connectivity index (χ1n) is 17.4. The van der Waals surface area contributed by atoms with Crippen LogP contribution in [0.5, 0.6) is 0 Å². The first kappa shape index (κ1) is 33.3. The molecule has 0 amide bonds. The summed E-state index contributed by atoms with van der Waals surface area (Å²) in [5.41, 5.74) is 21.0. The monoisotopic (exact) mass is 760 g/mol. The fraction of sp³-hybridized carbons (Fsp3) is 0.444. The molecule has 266 valence electrons. The van der Waals surface area contributed by atoms with Crippen LogP contribution in [-0.2, 0) is 40.4 Å². The number of rotatable bonds is 12. The van der Waals surface area contributed by atoms with Gasteiger partial charge in [0.25, 0.3) is 0 Å². The first-order chi connectivity index (χ1) is 24.7. The summed E-state index contributed by atoms with van der Waals surface area (Å²) in [5.74, 6) is 2.06. The molecule has 0 aromatic carbocycles. The Labute approximate surface area is 308 Å². The fourth-order valence-corrected chi connectivity index (χ4v) is 13.7. The van der Waals surface area contributed by atoms with Gasteiger partial charge in [0.2, 0.25) is 0 Å². The molecule has 15 heteroatoms. The molecule has 6 atom stereocenters. The second kappa shape index (κ2) is 12.9. The molecule has 51 heavy (non-hydrogen) atoms. The molecule has 0 spiro atoms. The van der Waals surface area contributed by atoms with Crippen LogP contribution >= 0.6 is 22.7 Å². The third kappa shape index (κ3) is 5.85. The van der Waals surface area contributed by atoms with E-state index in [-0.39, 0.29) is 5.25 Å². The van der Waals surface area contributed by atoms with Crippen LogP contribution in [0.4, 0.5) is 11.4 Å². The summed E-state index contributed by atoms with van der Waals surface area (Å²) < 4.78 is 37.3. The summed E-state index contributed by atoms with van der Waals surface area (Å²) in [6.45, 7) is 0.557. The Balaban J connectivity index is 1.08. The van der Waals surface area contributed by atoms with Crippen LogP contribution in [0.15, 0.2) is 45.3 Å². The number of nitrogen functional groups attached to an aromatic ring is 2. The number of aromatic nitrogens is 6. The van der Waals surface area contributed by atoms with Gasteiger partial charge in [0, 0.05) is 73.1 Å². The largest absolute Gasteiger partial charge is 0.396 e. The first-order valence-corrected chi connectivity index (χ1v) is 21.6. The Morgan fingerprint density at radius 1 is 0.843 bits per heavy atom. The predicted octanol–water partition coefficient (Wildman–Crippen LogP) is 6.58. The number of nitrogens with two attached hydrogens (primary N) is 2. The van der Waals surface area contributed by atoms with E-state index in [1.54, 1.807) is 16.5 Å². The van der Waals surface area contributed by atoms with Crippen molar-refractivity contribution in [3.8, 4) is 22.5 Å². The summed E-state index contributed by atoms with van der Waals surface area (Å²) in [7, 11) is 3.12. The van der Waals surface area contributed by atoms with Crippen molar-refractivity contribution in [1.82, 2.24) is 29.5 Å². The van der Waals surface area contributed by atoms with Gasteiger partial charge < -0.3 is 16.2 Å². The maximum atomic E-state index is 13.6. The van der Waals surface area contributed by atoms with Gasteiger partial charge in [-0.2, -0.15) is 10.2 Å². The van der Waals surface area contributed by atoms with Gasteiger partial charge >= 0.3 is 0 Å². The molecule has 9 rings (SSSR count). The van der Waals surface area contributed by atoms with Crippen molar-refractivity contribution in [3.63, 3.8) is 0 Å². The maximum absolute atomic E-state index is 13.6. The molecular formula is C36H40N8O3S4. The minimum absolute atomic E-state index is 0.184. The average Bonchev–Trinajstić information content (AvgIpc) is 3.86. The van der Waals surface area contributed by atoms with Crippen molar-refractivity contribution in [2.24, 2.45) is 25.9 Å². The second-order valence-electron chi connectivity index (χ2n) is 14.2. The number of hydrogen-bond donors (Lipinski definition) is 2. The van der Waals surface area contributed by atoms with E-state index in [1.807, 2.05) is 38.9 Å². The molecule has 0 bridgehead atoms. The highest BCUT2D eigenvalue weighted by Gasteiger charge is 2.55. The summed E-state index contributed by atoms with van der Waals surface area (Å²) in [5, 5.41) is 10.9. The van der Waals surface area contributed by atoms with Crippen LogP contribution in [-0.4, -0.2) is 62.7 Å². The summed E-state index contributed by atoms with van der Waals surface area (Å²) in [6.07, 6.45) is 13.6. The van der Waals surface area contributed by atoms with Crippen LogP contribution in [0.1, 0.15) is 61.5 Å². The number of anilines is 2. The molecule has 3 aliphatic rings. The van der Waals surface area contributed by atoms with Gasteiger partial charge in [0.1, 0.15) is 18.1 Å². The predicted molar refractivity (Wildman–Crippen MR) is 206 cm³/mol. The van der Waals surface area contributed by atoms with Crippen LogP contribution in [0.25, 0.3) is 42.9 Å². The van der Waals surface area contributed by atoms with Gasteiger partial charge in [-0.15, -0.1) is 22.7 Å². The SMILES string of the molecule is COCCCS(=O)c1sc2nc(-c3cnn(C)c3)cc(C3CC3C3CC3c3cc(-c4cnn(C)c4)nc4sc(S(=O)C5CCC5)c(N)c34)c2c1N. The topological polar surface area (TPSA) is 157 Å². The Kier molecular flexibility index (Phi) is 8.41. The highest BCUT2D eigenvalue weighted by molar-refractivity contribution is 7.88. The molecular weight excluding hydrogens is 721 g/mol. The van der Waals surface area contributed by atoms with E-state index < -0.39 is 21.6 Å². The molecule has 0 saturated heterocycles. The second-order valence-corrected chi connectivity index (χ2v) is 19.9. The van der Waals surface area contributed by atoms with Crippen molar-refractivity contribution in [2.45, 2.75) is 64.0 Å². The number of hydrogen-bond acceptors (Lipinski definition) is 11. The Morgan fingerprint density at radius 2 is 1.37 bits per heavy atom. The lowest BCUT2D eigenvalue weighted by atomic mass is 9.99. The van der Waals surface area contributed by atoms with Gasteiger partial charge in [0.05, 0.1) is 56.8 Å². The molecule has 3 saturated carbocycles. The smallest absolute Gasteiger partial charge is 0.127 e. The number of nitrogens with zero attached hydrogens (tertiary/aromatic N) is 6. The van der Waals surface area contributed by atoms with E-state index in [1.165, 1.54) is 33.8 Å². The number of ether oxygens (including phenoxy) is 1.